The predicted molar refractivity (Wildman–Crippen MR) is 45.4 cm³/mol. The highest BCUT2D eigenvalue weighted by Gasteiger charge is 2.29. The van der Waals surface area contributed by atoms with Gasteiger partial charge in [-0.15, -0.1) is 6.58 Å². The van der Waals surface area contributed by atoms with Crippen molar-refractivity contribution in [1.82, 2.24) is 0 Å². The van der Waals surface area contributed by atoms with E-state index in [4.69, 9.17) is 34.8 Å². The predicted octanol–water partition coefficient (Wildman–Crippen LogP) is -1.60. The van der Waals surface area contributed by atoms with Crippen LogP contribution in [0.2, 0.25) is 0 Å². The van der Waals surface area contributed by atoms with Crippen molar-refractivity contribution in [3.63, 3.8) is 0 Å². The zero-order chi connectivity index (χ0) is 12.0. The Bertz CT molecular complexity index is 189. The first-order valence-electron chi connectivity index (χ1n) is 2.89. The topological polar surface area (TPSA) is 152 Å². The molecule has 0 amide bonds. The summed E-state index contributed by atoms with van der Waals surface area (Å²) in [7, 11) is -4.25. The van der Waals surface area contributed by atoms with Crippen molar-refractivity contribution in [2.75, 3.05) is 6.61 Å². The SMILES string of the molecule is C=CCO[Si](O)(O)O.N=C=O.N=C=O. The fraction of sp³-hybridized carbons (Fsp3) is 0.200. The standard InChI is InChI=1S/C3H8O4Si.2CHNO/c1-2-3-7-8(4,5)6;2*2-1-3/h2,4-6H,1,3H2;2*2H. The van der Waals surface area contributed by atoms with Gasteiger partial charge >= 0.3 is 9.05 Å². The molecule has 0 rings (SSSR count). The van der Waals surface area contributed by atoms with Gasteiger partial charge in [0.1, 0.15) is 0 Å². The molecule has 0 aromatic carbocycles. The van der Waals surface area contributed by atoms with Crippen molar-refractivity contribution < 1.29 is 28.4 Å². The molecule has 0 aliphatic rings. The molecule has 80 valence electrons. The lowest BCUT2D eigenvalue weighted by Gasteiger charge is -2.05. The Balaban J connectivity index is -0.000000168. The van der Waals surface area contributed by atoms with Crippen LogP contribution < -0.4 is 0 Å². The summed E-state index contributed by atoms with van der Waals surface area (Å²) in [4.78, 5) is 41.1. The molecule has 9 heteroatoms. The molecule has 5 N–H and O–H groups in total. The van der Waals surface area contributed by atoms with Crippen LogP contribution >= 0.6 is 0 Å². The Morgan fingerprint density at radius 1 is 1.29 bits per heavy atom. The van der Waals surface area contributed by atoms with E-state index in [2.05, 4.69) is 11.0 Å². The van der Waals surface area contributed by atoms with Gasteiger partial charge in [-0.05, 0) is 0 Å². The molecule has 0 fully saturated rings. The summed E-state index contributed by atoms with van der Waals surface area (Å²) in [5, 5.41) is 10.8. The molecule has 0 spiro atoms. The third-order valence-electron chi connectivity index (χ3n) is 0.395. The molecule has 0 heterocycles. The van der Waals surface area contributed by atoms with E-state index in [-0.39, 0.29) is 6.61 Å². The number of isocyanates is 2. The Hall–Kier alpha value is -1.44. The lowest BCUT2D eigenvalue weighted by Crippen LogP contribution is -2.38. The zero-order valence-electron chi connectivity index (χ0n) is 7.06. The first-order valence-corrected chi connectivity index (χ1v) is 4.64. The van der Waals surface area contributed by atoms with Gasteiger partial charge < -0.3 is 18.8 Å². The minimum atomic E-state index is -4.25. The Morgan fingerprint density at radius 3 is 1.64 bits per heavy atom. The van der Waals surface area contributed by atoms with Crippen LogP contribution in [0.3, 0.4) is 0 Å². The van der Waals surface area contributed by atoms with E-state index in [0.717, 1.165) is 12.2 Å². The summed E-state index contributed by atoms with van der Waals surface area (Å²) >= 11 is 0. The minimum Gasteiger partial charge on any atom is -0.368 e. The van der Waals surface area contributed by atoms with Crippen LogP contribution in [0.15, 0.2) is 12.7 Å². The summed E-state index contributed by atoms with van der Waals surface area (Å²) < 4.78 is 4.07. The second kappa shape index (κ2) is 14.1. The van der Waals surface area contributed by atoms with Crippen LogP contribution in [0.4, 0.5) is 0 Å². The first kappa shape index (κ1) is 18.4. The third-order valence-corrected chi connectivity index (χ3v) is 0.949. The van der Waals surface area contributed by atoms with E-state index in [9.17, 15) is 0 Å². The summed E-state index contributed by atoms with van der Waals surface area (Å²) in [5.74, 6) is 0. The van der Waals surface area contributed by atoms with Gasteiger partial charge in [0.2, 0.25) is 12.2 Å². The third kappa shape index (κ3) is 76.2. The molecule has 0 saturated heterocycles. The van der Waals surface area contributed by atoms with Gasteiger partial charge in [-0.1, -0.05) is 6.08 Å². The second-order valence-electron chi connectivity index (χ2n) is 1.38. The maximum Gasteiger partial charge on any atom is 0.671 e. The Morgan fingerprint density at radius 2 is 1.57 bits per heavy atom. The van der Waals surface area contributed by atoms with Crippen LogP contribution in [0.5, 0.6) is 0 Å². The van der Waals surface area contributed by atoms with E-state index in [1.807, 2.05) is 0 Å². The molecule has 0 aliphatic carbocycles. The van der Waals surface area contributed by atoms with Gasteiger partial charge in [0.25, 0.3) is 0 Å². The van der Waals surface area contributed by atoms with Crippen molar-refractivity contribution in [2.45, 2.75) is 0 Å². The highest BCUT2D eigenvalue weighted by atomic mass is 28.4. The van der Waals surface area contributed by atoms with Gasteiger partial charge in [0, 0.05) is 0 Å². The normalized spacial score (nSPS) is 7.64. The van der Waals surface area contributed by atoms with E-state index in [1.165, 1.54) is 6.08 Å². The van der Waals surface area contributed by atoms with Crippen LogP contribution in [-0.2, 0) is 14.0 Å². The maximum absolute atomic E-state index is 8.35. The molecule has 14 heavy (non-hydrogen) atoms. The summed E-state index contributed by atoms with van der Waals surface area (Å²) in [6.07, 6.45) is 2.81. The molecule has 0 bridgehead atoms. The Labute approximate surface area is 80.6 Å². The molecular weight excluding hydrogens is 212 g/mol. The minimum absolute atomic E-state index is 0.0459. The maximum atomic E-state index is 8.35. The summed E-state index contributed by atoms with van der Waals surface area (Å²) in [6, 6.07) is 0. The molecule has 0 unspecified atom stereocenters. The van der Waals surface area contributed by atoms with Crippen molar-refractivity contribution in [3.05, 3.63) is 12.7 Å². The monoisotopic (exact) mass is 222 g/mol. The van der Waals surface area contributed by atoms with Gasteiger partial charge in [-0.3, -0.25) is 0 Å². The fourth-order valence-corrected chi connectivity index (χ4v) is 0.512. The molecule has 0 aliphatic heterocycles. The highest BCUT2D eigenvalue weighted by molar-refractivity contribution is 6.48. The average Bonchev–Trinajstić information content (AvgIpc) is 2.02. The molecule has 0 saturated carbocycles. The van der Waals surface area contributed by atoms with Gasteiger partial charge in [-0.2, -0.15) is 0 Å². The number of rotatable bonds is 3. The molecule has 0 atom stereocenters. The van der Waals surface area contributed by atoms with E-state index in [0.29, 0.717) is 0 Å². The molecular formula is C5H10N2O6Si. The lowest BCUT2D eigenvalue weighted by molar-refractivity contribution is 0.0746. The fourth-order valence-electron chi connectivity index (χ4n) is 0.171. The molecule has 0 aromatic rings. The zero-order valence-corrected chi connectivity index (χ0v) is 8.06. The van der Waals surface area contributed by atoms with Gasteiger partial charge in [-0.25, -0.2) is 20.4 Å². The van der Waals surface area contributed by atoms with E-state index in [1.54, 1.807) is 0 Å². The lowest BCUT2D eigenvalue weighted by atomic mass is 10.7. The number of carbonyl (C=O) groups excluding carboxylic acids is 2. The quantitative estimate of drug-likeness (QED) is 0.168. The molecule has 0 radical (unpaired) electrons. The number of nitrogens with one attached hydrogen (secondary N) is 2. The van der Waals surface area contributed by atoms with Crippen molar-refractivity contribution in [1.29, 1.82) is 10.8 Å². The highest BCUT2D eigenvalue weighted by Crippen LogP contribution is 1.86. The smallest absolute Gasteiger partial charge is 0.368 e. The largest absolute Gasteiger partial charge is 0.671 e. The summed E-state index contributed by atoms with van der Waals surface area (Å²) in [6.45, 7) is 3.18. The average molecular weight is 222 g/mol. The first-order chi connectivity index (χ1) is 6.39. The van der Waals surface area contributed by atoms with Crippen molar-refractivity contribution in [2.24, 2.45) is 0 Å². The number of hydrogen-bond acceptors (Lipinski definition) is 8. The van der Waals surface area contributed by atoms with Gasteiger partial charge in [0.15, 0.2) is 0 Å². The van der Waals surface area contributed by atoms with E-state index >= 15 is 0 Å². The van der Waals surface area contributed by atoms with Crippen molar-refractivity contribution in [3.8, 4) is 0 Å². The van der Waals surface area contributed by atoms with Crippen LogP contribution in [-0.4, -0.2) is 42.2 Å². The van der Waals surface area contributed by atoms with Crippen molar-refractivity contribution >= 4 is 21.2 Å². The van der Waals surface area contributed by atoms with Gasteiger partial charge in [0.05, 0.1) is 6.61 Å². The Kier molecular flexibility index (Phi) is 18.5. The van der Waals surface area contributed by atoms with E-state index < -0.39 is 9.05 Å². The van der Waals surface area contributed by atoms with Crippen LogP contribution in [0.25, 0.3) is 0 Å². The van der Waals surface area contributed by atoms with Crippen LogP contribution in [0.1, 0.15) is 0 Å². The van der Waals surface area contributed by atoms with Crippen LogP contribution in [0, 0.1) is 10.8 Å². The molecule has 0 aromatic heterocycles. The second-order valence-corrected chi connectivity index (χ2v) is 2.81. The number of hydrogen-bond donors (Lipinski definition) is 5. The summed E-state index contributed by atoms with van der Waals surface area (Å²) in [5.41, 5.74) is 0. The molecule has 8 nitrogen and oxygen atoms in total.